The van der Waals surface area contributed by atoms with Gasteiger partial charge in [-0.3, -0.25) is 0 Å². The number of rotatable bonds is 3. The fourth-order valence-corrected chi connectivity index (χ4v) is 0.525. The summed E-state index contributed by atoms with van der Waals surface area (Å²) in [6, 6.07) is -0.731. The van der Waals surface area contributed by atoms with Crippen LogP contribution in [0.2, 0.25) is 0 Å². The van der Waals surface area contributed by atoms with Gasteiger partial charge in [-0.15, -0.1) is 0 Å². The maximum Gasteiger partial charge on any atom is 0.139 e. The van der Waals surface area contributed by atoms with Crippen LogP contribution in [0.4, 0.5) is 0 Å². The first-order chi connectivity index (χ1) is 5.09. The molecule has 0 saturated heterocycles. The first-order valence-electron chi connectivity index (χ1n) is 3.98. The Labute approximate surface area is 68.6 Å². The molecule has 0 aliphatic heterocycles. The molecule has 0 unspecified atom stereocenters. The minimum Gasteiger partial charge on any atom is -0.391 e. The molecule has 0 radical (unpaired) electrons. The number of carbonyl (C=O) groups excluding carboxylic acids is 1. The van der Waals surface area contributed by atoms with E-state index in [2.05, 4.69) is 0 Å². The summed E-state index contributed by atoms with van der Waals surface area (Å²) in [6.45, 7) is 7.63. The van der Waals surface area contributed by atoms with E-state index in [1.807, 2.05) is 27.7 Å². The van der Waals surface area contributed by atoms with E-state index in [4.69, 9.17) is 10.8 Å². The Morgan fingerprint density at radius 2 is 1.73 bits per heavy atom. The van der Waals surface area contributed by atoms with E-state index in [0.717, 1.165) is 0 Å². The molecule has 2 atom stereocenters. The first kappa shape index (κ1) is 13.2. The minimum absolute atomic E-state index is 0.0465. The van der Waals surface area contributed by atoms with Gasteiger partial charge in [0, 0.05) is 0 Å². The molecule has 0 heterocycles. The number of aliphatic hydroxyl groups excluding tert-OH is 1. The highest BCUT2D eigenvalue weighted by Crippen LogP contribution is 2.01. The molecule has 0 aliphatic rings. The molecule has 0 rings (SSSR count). The highest BCUT2D eigenvalue weighted by molar-refractivity contribution is 5.58. The van der Waals surface area contributed by atoms with Gasteiger partial charge in [-0.2, -0.15) is 0 Å². The van der Waals surface area contributed by atoms with E-state index >= 15 is 0 Å². The van der Waals surface area contributed by atoms with E-state index in [1.165, 1.54) is 0 Å². The maximum atomic E-state index is 9.97. The lowest BCUT2D eigenvalue weighted by molar-refractivity contribution is -0.111. The van der Waals surface area contributed by atoms with Crippen molar-refractivity contribution in [1.29, 1.82) is 0 Å². The van der Waals surface area contributed by atoms with Gasteiger partial charge in [0.1, 0.15) is 6.29 Å². The Kier molecular flexibility index (Phi) is 9.23. The summed E-state index contributed by atoms with van der Waals surface area (Å²) in [4.78, 5) is 9.97. The van der Waals surface area contributed by atoms with Gasteiger partial charge < -0.3 is 15.6 Å². The van der Waals surface area contributed by atoms with Crippen LogP contribution >= 0.6 is 0 Å². The fourth-order valence-electron chi connectivity index (χ4n) is 0.525. The molecular formula is C8H19NO2. The van der Waals surface area contributed by atoms with Crippen LogP contribution in [0, 0.1) is 5.92 Å². The predicted molar refractivity (Wildman–Crippen MR) is 46.2 cm³/mol. The molecule has 0 aliphatic carbocycles. The zero-order valence-corrected chi connectivity index (χ0v) is 7.74. The van der Waals surface area contributed by atoms with Crippen LogP contribution in [0.15, 0.2) is 0 Å². The van der Waals surface area contributed by atoms with Crippen molar-refractivity contribution in [2.45, 2.75) is 39.8 Å². The summed E-state index contributed by atoms with van der Waals surface area (Å²) in [5.74, 6) is 0.0465. The van der Waals surface area contributed by atoms with Crippen molar-refractivity contribution in [1.82, 2.24) is 0 Å². The van der Waals surface area contributed by atoms with Gasteiger partial charge in [0.15, 0.2) is 0 Å². The summed E-state index contributed by atoms with van der Waals surface area (Å²) in [6.07, 6.45) is -0.146. The standard InChI is InChI=1S/C6H13NO2.C2H6/c1-4(2)6(9)5(7)3-8;1-2/h3-6,9H,7H2,1-2H3;1-2H3/t5-,6-;/m1./s1. The molecule has 3 nitrogen and oxygen atoms in total. The Bertz CT molecular complexity index is 94.1. The third-order valence-corrected chi connectivity index (χ3v) is 1.23. The maximum absolute atomic E-state index is 9.97. The molecule has 0 aromatic carbocycles. The SMILES string of the molecule is CC.CC(C)[C@@H](O)[C@H](N)C=O. The molecular weight excluding hydrogens is 142 g/mol. The van der Waals surface area contributed by atoms with E-state index in [9.17, 15) is 4.79 Å². The van der Waals surface area contributed by atoms with Crippen LogP contribution in [-0.4, -0.2) is 23.5 Å². The predicted octanol–water partition coefficient (Wildman–Crippen LogP) is 0.556. The average molecular weight is 161 g/mol. The van der Waals surface area contributed by atoms with Crippen molar-refractivity contribution in [3.8, 4) is 0 Å². The third kappa shape index (κ3) is 6.01. The highest BCUT2D eigenvalue weighted by Gasteiger charge is 2.16. The molecule has 0 amide bonds. The number of hydrogen-bond donors (Lipinski definition) is 2. The van der Waals surface area contributed by atoms with Crippen molar-refractivity contribution in [2.24, 2.45) is 11.7 Å². The van der Waals surface area contributed by atoms with Crippen LogP contribution in [0.3, 0.4) is 0 Å². The van der Waals surface area contributed by atoms with Crippen LogP contribution < -0.4 is 5.73 Å². The molecule has 0 fully saturated rings. The Hall–Kier alpha value is -0.410. The second kappa shape index (κ2) is 7.69. The van der Waals surface area contributed by atoms with Crippen LogP contribution in [0.1, 0.15) is 27.7 Å². The van der Waals surface area contributed by atoms with Gasteiger partial charge in [0.05, 0.1) is 12.1 Å². The van der Waals surface area contributed by atoms with E-state index in [0.29, 0.717) is 6.29 Å². The molecule has 3 heteroatoms. The molecule has 0 bridgehead atoms. The normalized spacial score (nSPS) is 14.8. The van der Waals surface area contributed by atoms with Gasteiger partial charge in [0.25, 0.3) is 0 Å². The number of nitrogens with two attached hydrogens (primary N) is 1. The van der Waals surface area contributed by atoms with E-state index in [1.54, 1.807) is 0 Å². The van der Waals surface area contributed by atoms with Crippen molar-refractivity contribution < 1.29 is 9.90 Å². The number of aldehydes is 1. The lowest BCUT2D eigenvalue weighted by Crippen LogP contribution is -2.39. The van der Waals surface area contributed by atoms with E-state index < -0.39 is 12.1 Å². The molecule has 68 valence electrons. The molecule has 3 N–H and O–H groups in total. The van der Waals surface area contributed by atoms with Crippen LogP contribution in [0.25, 0.3) is 0 Å². The van der Waals surface area contributed by atoms with Gasteiger partial charge in [-0.1, -0.05) is 27.7 Å². The smallest absolute Gasteiger partial charge is 0.139 e. The summed E-state index contributed by atoms with van der Waals surface area (Å²) in [5, 5.41) is 9.04. The highest BCUT2D eigenvalue weighted by atomic mass is 16.3. The van der Waals surface area contributed by atoms with Gasteiger partial charge in [0.2, 0.25) is 0 Å². The van der Waals surface area contributed by atoms with Gasteiger partial charge in [-0.25, -0.2) is 0 Å². The van der Waals surface area contributed by atoms with Crippen molar-refractivity contribution in [2.75, 3.05) is 0 Å². The molecule has 0 spiro atoms. The lowest BCUT2D eigenvalue weighted by Gasteiger charge is -2.16. The van der Waals surface area contributed by atoms with E-state index in [-0.39, 0.29) is 5.92 Å². The van der Waals surface area contributed by atoms with Crippen molar-refractivity contribution in [3.05, 3.63) is 0 Å². The Morgan fingerprint density at radius 3 is 1.82 bits per heavy atom. The minimum atomic E-state index is -0.731. The zero-order chi connectivity index (χ0) is 9.44. The summed E-state index contributed by atoms with van der Waals surface area (Å²) in [5.41, 5.74) is 5.20. The quantitative estimate of drug-likeness (QED) is 0.594. The van der Waals surface area contributed by atoms with Gasteiger partial charge in [-0.05, 0) is 5.92 Å². The van der Waals surface area contributed by atoms with Crippen LogP contribution in [0.5, 0.6) is 0 Å². The zero-order valence-electron chi connectivity index (χ0n) is 7.74. The van der Waals surface area contributed by atoms with Crippen molar-refractivity contribution in [3.63, 3.8) is 0 Å². The number of carbonyl (C=O) groups is 1. The monoisotopic (exact) mass is 161 g/mol. The second-order valence-electron chi connectivity index (χ2n) is 2.45. The number of aliphatic hydroxyl groups is 1. The Balaban J connectivity index is 0. The average Bonchev–Trinajstić information content (AvgIpc) is 2.05. The largest absolute Gasteiger partial charge is 0.391 e. The molecule has 0 aromatic rings. The third-order valence-electron chi connectivity index (χ3n) is 1.23. The van der Waals surface area contributed by atoms with Crippen LogP contribution in [-0.2, 0) is 4.79 Å². The molecule has 11 heavy (non-hydrogen) atoms. The number of hydrogen-bond acceptors (Lipinski definition) is 3. The summed E-state index contributed by atoms with van der Waals surface area (Å²) in [7, 11) is 0. The fraction of sp³-hybridized carbons (Fsp3) is 0.875. The summed E-state index contributed by atoms with van der Waals surface area (Å²) >= 11 is 0. The lowest BCUT2D eigenvalue weighted by atomic mass is 10.0. The first-order valence-corrected chi connectivity index (χ1v) is 3.98. The topological polar surface area (TPSA) is 63.3 Å². The molecule has 0 aromatic heterocycles. The second-order valence-corrected chi connectivity index (χ2v) is 2.45. The Morgan fingerprint density at radius 1 is 1.36 bits per heavy atom. The molecule has 0 saturated carbocycles. The summed E-state index contributed by atoms with van der Waals surface area (Å²) < 4.78 is 0. The van der Waals surface area contributed by atoms with Gasteiger partial charge >= 0.3 is 0 Å². The van der Waals surface area contributed by atoms with Crippen molar-refractivity contribution >= 4 is 6.29 Å².